The Bertz CT molecular complexity index is 470. The predicted molar refractivity (Wildman–Crippen MR) is 79.5 cm³/mol. The second-order valence-corrected chi connectivity index (χ2v) is 6.53. The summed E-state index contributed by atoms with van der Waals surface area (Å²) < 4.78 is 0. The third-order valence-electron chi connectivity index (χ3n) is 2.83. The van der Waals surface area contributed by atoms with Gasteiger partial charge in [-0.05, 0) is 24.6 Å². The molecule has 0 radical (unpaired) electrons. The van der Waals surface area contributed by atoms with Gasteiger partial charge in [0.05, 0.1) is 5.69 Å². The monoisotopic (exact) mass is 271 g/mol. The Morgan fingerprint density at radius 1 is 1.62 bits per heavy atom. The van der Waals surface area contributed by atoms with Crippen LogP contribution in [0.3, 0.4) is 0 Å². The van der Waals surface area contributed by atoms with Crippen LogP contribution in [0.5, 0.6) is 0 Å². The van der Waals surface area contributed by atoms with E-state index < -0.39 is 0 Å². The Hall–Kier alpha value is -0.380. The molecule has 0 saturated heterocycles. The number of halogens is 1. The molecular formula is C12H14ClNS2. The van der Waals surface area contributed by atoms with Gasteiger partial charge in [0.2, 0.25) is 0 Å². The zero-order valence-corrected chi connectivity index (χ0v) is 11.8. The zero-order valence-electron chi connectivity index (χ0n) is 9.37. The van der Waals surface area contributed by atoms with Crippen molar-refractivity contribution in [2.45, 2.75) is 23.6 Å². The van der Waals surface area contributed by atoms with Gasteiger partial charge in [0, 0.05) is 21.8 Å². The Morgan fingerprint density at radius 2 is 2.31 bits per heavy atom. The van der Waals surface area contributed by atoms with Gasteiger partial charge >= 0.3 is 0 Å². The molecule has 1 nitrogen and oxygen atoms in total. The second kappa shape index (κ2) is 4.47. The first kappa shape index (κ1) is 12.1. The second-order valence-electron chi connectivity index (χ2n) is 3.82. The average Bonchev–Trinajstić information content (AvgIpc) is 2.51. The maximum Gasteiger partial charge on any atom is 0.105 e. The molecule has 0 aromatic heterocycles. The van der Waals surface area contributed by atoms with Gasteiger partial charge in [0.1, 0.15) is 5.37 Å². The van der Waals surface area contributed by atoms with Crippen molar-refractivity contribution in [3.63, 3.8) is 0 Å². The molecule has 0 bridgehead atoms. The largest absolute Gasteiger partial charge is 0.357 e. The summed E-state index contributed by atoms with van der Waals surface area (Å²) in [6.45, 7) is 2.10. The van der Waals surface area contributed by atoms with Crippen molar-refractivity contribution in [2.24, 2.45) is 0 Å². The molecule has 4 heteroatoms. The highest BCUT2D eigenvalue weighted by Crippen LogP contribution is 2.48. The van der Waals surface area contributed by atoms with Crippen LogP contribution < -0.4 is 4.90 Å². The van der Waals surface area contributed by atoms with Crippen LogP contribution in [0, 0.1) is 0 Å². The van der Waals surface area contributed by atoms with Gasteiger partial charge in [-0.1, -0.05) is 36.6 Å². The predicted octanol–water partition coefficient (Wildman–Crippen LogP) is 3.96. The van der Waals surface area contributed by atoms with E-state index in [4.69, 9.17) is 23.8 Å². The van der Waals surface area contributed by atoms with E-state index in [1.165, 1.54) is 10.6 Å². The molecule has 1 aromatic rings. The van der Waals surface area contributed by atoms with E-state index in [1.54, 1.807) is 0 Å². The highest BCUT2D eigenvalue weighted by atomic mass is 35.5. The van der Waals surface area contributed by atoms with Crippen LogP contribution in [-0.4, -0.2) is 23.2 Å². The van der Waals surface area contributed by atoms with E-state index in [-0.39, 0.29) is 15.9 Å². The van der Waals surface area contributed by atoms with Crippen molar-refractivity contribution in [1.29, 1.82) is 0 Å². The van der Waals surface area contributed by atoms with Gasteiger partial charge < -0.3 is 4.90 Å². The highest BCUT2D eigenvalue weighted by Gasteiger charge is 2.31. The molecule has 2 atom stereocenters. The third kappa shape index (κ3) is 1.81. The molecule has 2 rings (SSSR count). The summed E-state index contributed by atoms with van der Waals surface area (Å²) in [6.07, 6.45) is 0.922. The summed E-state index contributed by atoms with van der Waals surface area (Å²) in [7, 11) is 1.99. The van der Waals surface area contributed by atoms with Gasteiger partial charge in [0.15, 0.2) is 0 Å². The Kier molecular flexibility index (Phi) is 3.38. The number of benzene rings is 1. The lowest BCUT2D eigenvalue weighted by molar-refractivity contribution is 1.01. The number of hydrogen-bond acceptors (Lipinski definition) is 2. The average molecular weight is 272 g/mol. The number of thiocarbonyl (C=S) groups is 1. The molecule has 0 N–H and O–H groups in total. The van der Waals surface area contributed by atoms with Crippen LogP contribution in [0.1, 0.15) is 13.3 Å². The van der Waals surface area contributed by atoms with Crippen LogP contribution in [0.4, 0.5) is 5.69 Å². The lowest BCUT2D eigenvalue weighted by Crippen LogP contribution is -2.31. The van der Waals surface area contributed by atoms with Crippen LogP contribution in [0.15, 0.2) is 23.1 Å². The van der Waals surface area contributed by atoms with Crippen molar-refractivity contribution < 1.29 is 0 Å². The standard InChI is InChI=1S/C12H14ClNS2/c1-4-10(15)12-14(2)9-7-8(13)5-6-11(9)16(12)3/h5-7,12H,3-4H2,1-2H3. The van der Waals surface area contributed by atoms with Crippen molar-refractivity contribution >= 4 is 50.7 Å². The van der Waals surface area contributed by atoms with Crippen LogP contribution in [0.25, 0.3) is 0 Å². The lowest BCUT2D eigenvalue weighted by Gasteiger charge is -2.23. The van der Waals surface area contributed by atoms with Gasteiger partial charge in [0.25, 0.3) is 0 Å². The molecule has 2 unspecified atom stereocenters. The number of fused-ring (bicyclic) bond motifs is 1. The number of rotatable bonds is 2. The molecule has 16 heavy (non-hydrogen) atoms. The summed E-state index contributed by atoms with van der Waals surface area (Å²) in [5, 5.41) is 1.03. The number of anilines is 1. The van der Waals surface area contributed by atoms with E-state index in [0.717, 1.165) is 16.3 Å². The Morgan fingerprint density at radius 3 is 2.94 bits per heavy atom. The van der Waals surface area contributed by atoms with Crippen molar-refractivity contribution in [3.05, 3.63) is 23.2 Å². The smallest absolute Gasteiger partial charge is 0.105 e. The van der Waals surface area contributed by atoms with Crippen LogP contribution in [0.2, 0.25) is 5.02 Å². The summed E-state index contributed by atoms with van der Waals surface area (Å²) in [5.74, 6) is 4.26. The maximum atomic E-state index is 6.02. The zero-order chi connectivity index (χ0) is 11.9. The molecule has 1 heterocycles. The lowest BCUT2D eigenvalue weighted by atomic mass is 10.2. The minimum Gasteiger partial charge on any atom is -0.357 e. The first-order valence-corrected chi connectivity index (χ1v) is 7.38. The fourth-order valence-corrected chi connectivity index (χ4v) is 4.58. The van der Waals surface area contributed by atoms with Gasteiger partial charge in [-0.25, -0.2) is 0 Å². The first-order valence-electron chi connectivity index (χ1n) is 5.14. The van der Waals surface area contributed by atoms with Crippen LogP contribution in [-0.2, 0) is 0 Å². The molecule has 0 saturated carbocycles. The molecule has 1 aliphatic rings. The number of hydrogen-bond donors (Lipinski definition) is 0. The van der Waals surface area contributed by atoms with E-state index in [0.29, 0.717) is 0 Å². The first-order chi connectivity index (χ1) is 7.56. The number of nitrogens with zero attached hydrogens (tertiary/aromatic N) is 1. The van der Waals surface area contributed by atoms with Gasteiger partial charge in [-0.2, -0.15) is 0 Å². The SMILES string of the molecule is C=S1c2ccc(Cl)cc2N(C)C1C(=S)CC. The summed E-state index contributed by atoms with van der Waals surface area (Å²) >= 11 is 11.5. The van der Waals surface area contributed by atoms with Gasteiger partial charge in [-0.15, -0.1) is 10.5 Å². The highest BCUT2D eigenvalue weighted by molar-refractivity contribution is 8.16. The fourth-order valence-electron chi connectivity index (χ4n) is 1.97. The van der Waals surface area contributed by atoms with Crippen LogP contribution >= 0.6 is 34.3 Å². The van der Waals surface area contributed by atoms with E-state index in [2.05, 4.69) is 30.8 Å². The normalized spacial score (nSPS) is 23.3. The topological polar surface area (TPSA) is 3.24 Å². The van der Waals surface area contributed by atoms with E-state index >= 15 is 0 Å². The summed E-state index contributed by atoms with van der Waals surface area (Å²) in [4.78, 5) is 4.56. The molecule has 0 amide bonds. The molecule has 1 aliphatic heterocycles. The maximum absolute atomic E-state index is 6.02. The molecule has 0 aliphatic carbocycles. The minimum atomic E-state index is -0.0778. The minimum absolute atomic E-state index is 0.0778. The molecule has 86 valence electrons. The van der Waals surface area contributed by atoms with Crippen molar-refractivity contribution in [1.82, 2.24) is 0 Å². The quantitative estimate of drug-likeness (QED) is 0.749. The van der Waals surface area contributed by atoms with E-state index in [1.807, 2.05) is 12.1 Å². The van der Waals surface area contributed by atoms with Crippen molar-refractivity contribution in [2.75, 3.05) is 11.9 Å². The Labute approximate surface area is 109 Å². The summed E-state index contributed by atoms with van der Waals surface area (Å²) in [5.41, 5.74) is 1.17. The van der Waals surface area contributed by atoms with E-state index in [9.17, 15) is 0 Å². The van der Waals surface area contributed by atoms with Crippen molar-refractivity contribution in [3.8, 4) is 0 Å². The van der Waals surface area contributed by atoms with Gasteiger partial charge in [-0.3, -0.25) is 0 Å². The third-order valence-corrected chi connectivity index (χ3v) is 5.77. The summed E-state index contributed by atoms with van der Waals surface area (Å²) in [6, 6.07) is 6.00. The molecule has 0 spiro atoms. The molecule has 1 aromatic carbocycles. The fraction of sp³-hybridized carbons (Fsp3) is 0.333. The Balaban J connectivity index is 2.48. The molecular weight excluding hydrogens is 258 g/mol. The molecule has 0 fully saturated rings.